The van der Waals surface area contributed by atoms with Crippen molar-refractivity contribution in [3.05, 3.63) is 29.3 Å². The molecule has 0 saturated carbocycles. The van der Waals surface area contributed by atoms with E-state index in [0.29, 0.717) is 5.88 Å². The number of amides is 2. The minimum Gasteiger partial charge on any atom is -0.369 e. The fourth-order valence-corrected chi connectivity index (χ4v) is 2.84. The van der Waals surface area contributed by atoms with E-state index in [9.17, 15) is 4.79 Å². The Morgan fingerprint density at radius 3 is 2.68 bits per heavy atom. The summed E-state index contributed by atoms with van der Waals surface area (Å²) in [6.45, 7) is 4.70. The van der Waals surface area contributed by atoms with E-state index in [-0.39, 0.29) is 12.0 Å². The Kier molecular flexibility index (Phi) is 4.31. The molecule has 0 unspecified atom stereocenters. The summed E-state index contributed by atoms with van der Waals surface area (Å²) in [5, 5.41) is 2.63. The summed E-state index contributed by atoms with van der Waals surface area (Å²) in [6, 6.07) is 5.73. The van der Waals surface area contributed by atoms with E-state index in [4.69, 9.17) is 5.73 Å². The Labute approximate surface area is 117 Å². The van der Waals surface area contributed by atoms with Crippen molar-refractivity contribution < 1.29 is 4.79 Å². The Morgan fingerprint density at radius 2 is 2.11 bits per heavy atom. The van der Waals surface area contributed by atoms with Crippen LogP contribution in [-0.2, 0) is 0 Å². The molecule has 0 aromatic heterocycles. The molecule has 0 aliphatic carbocycles. The highest BCUT2D eigenvalue weighted by molar-refractivity contribution is 7.99. The quantitative estimate of drug-likeness (QED) is 0.609. The maximum atomic E-state index is 11.9. The molecule has 3 N–H and O–H groups in total. The Morgan fingerprint density at radius 1 is 1.42 bits per heavy atom. The van der Waals surface area contributed by atoms with Gasteiger partial charge in [-0.3, -0.25) is 5.32 Å². The summed E-state index contributed by atoms with van der Waals surface area (Å²) >= 11 is 1.73. The van der Waals surface area contributed by atoms with Crippen molar-refractivity contribution in [1.29, 1.82) is 0 Å². The number of thioether (sulfide) groups is 1. The lowest BCUT2D eigenvalue weighted by molar-refractivity contribution is 0.216. The van der Waals surface area contributed by atoms with Crippen molar-refractivity contribution in [3.8, 4) is 0 Å². The number of urea groups is 1. The molecule has 1 aliphatic rings. The van der Waals surface area contributed by atoms with Crippen LogP contribution >= 0.6 is 11.8 Å². The van der Waals surface area contributed by atoms with Gasteiger partial charge in [-0.05, 0) is 25.0 Å². The van der Waals surface area contributed by atoms with Crippen molar-refractivity contribution >= 4 is 29.4 Å². The number of guanidine groups is 1. The molecule has 19 heavy (non-hydrogen) atoms. The first-order valence-corrected chi connectivity index (χ1v) is 7.27. The lowest BCUT2D eigenvalue weighted by Gasteiger charge is -2.15. The fraction of sp³-hybridized carbons (Fsp3) is 0.385. The third kappa shape index (κ3) is 3.41. The van der Waals surface area contributed by atoms with E-state index in [2.05, 4.69) is 10.3 Å². The number of benzene rings is 1. The number of aryl methyl sites for hydroxylation is 2. The first-order valence-electron chi connectivity index (χ1n) is 6.12. The Bertz CT molecular complexity index is 489. The SMILES string of the molecule is Cc1cccc(C)c1N=C(N)NC(=O)N1CCSC1. The molecule has 6 heteroatoms. The third-order valence-electron chi connectivity index (χ3n) is 2.95. The second-order valence-corrected chi connectivity index (χ2v) is 5.54. The van der Waals surface area contributed by atoms with Gasteiger partial charge in [0.2, 0.25) is 5.96 Å². The number of hydrogen-bond donors (Lipinski definition) is 2. The predicted octanol–water partition coefficient (Wildman–Crippen LogP) is 1.97. The molecule has 1 aromatic rings. The smallest absolute Gasteiger partial charge is 0.324 e. The summed E-state index contributed by atoms with van der Waals surface area (Å²) in [7, 11) is 0. The first-order chi connectivity index (χ1) is 9.08. The molecule has 5 nitrogen and oxygen atoms in total. The highest BCUT2D eigenvalue weighted by Crippen LogP contribution is 2.22. The maximum Gasteiger partial charge on any atom is 0.324 e. The molecule has 1 aliphatic heterocycles. The van der Waals surface area contributed by atoms with Gasteiger partial charge in [0.25, 0.3) is 0 Å². The number of carbonyl (C=O) groups excluding carboxylic acids is 1. The summed E-state index contributed by atoms with van der Waals surface area (Å²) in [5.74, 6) is 1.82. The zero-order valence-corrected chi connectivity index (χ0v) is 12.0. The standard InChI is InChI=1S/C13H18N4OS/c1-9-4-3-5-10(2)11(9)15-12(14)16-13(18)17-6-7-19-8-17/h3-5H,6-8H2,1-2H3,(H3,14,15,16,18). The van der Waals surface area contributed by atoms with Crippen molar-refractivity contribution in [2.24, 2.45) is 10.7 Å². The molecule has 1 heterocycles. The lowest BCUT2D eigenvalue weighted by atomic mass is 10.1. The summed E-state index contributed by atoms with van der Waals surface area (Å²) in [5.41, 5.74) is 8.68. The number of hydrogen-bond acceptors (Lipinski definition) is 3. The van der Waals surface area contributed by atoms with Crippen molar-refractivity contribution in [1.82, 2.24) is 10.2 Å². The molecule has 0 bridgehead atoms. The number of carbonyl (C=O) groups is 1. The van der Waals surface area contributed by atoms with E-state index in [1.807, 2.05) is 32.0 Å². The van der Waals surface area contributed by atoms with Gasteiger partial charge >= 0.3 is 6.03 Å². The predicted molar refractivity (Wildman–Crippen MR) is 79.8 cm³/mol. The van der Waals surface area contributed by atoms with Gasteiger partial charge in [0.05, 0.1) is 11.6 Å². The van der Waals surface area contributed by atoms with Crippen molar-refractivity contribution in [3.63, 3.8) is 0 Å². The van der Waals surface area contributed by atoms with Gasteiger partial charge in [-0.2, -0.15) is 0 Å². The fourth-order valence-electron chi connectivity index (χ4n) is 1.89. The number of para-hydroxylation sites is 1. The molecule has 1 aromatic carbocycles. The van der Waals surface area contributed by atoms with Gasteiger partial charge in [-0.1, -0.05) is 18.2 Å². The van der Waals surface area contributed by atoms with E-state index in [0.717, 1.165) is 29.1 Å². The van der Waals surface area contributed by atoms with Gasteiger partial charge in [0, 0.05) is 12.3 Å². The van der Waals surface area contributed by atoms with E-state index in [1.54, 1.807) is 16.7 Å². The van der Waals surface area contributed by atoms with Gasteiger partial charge in [0.1, 0.15) is 0 Å². The van der Waals surface area contributed by atoms with E-state index in [1.165, 1.54) is 0 Å². The Balaban J connectivity index is 2.08. The van der Waals surface area contributed by atoms with Gasteiger partial charge in [0.15, 0.2) is 0 Å². The zero-order valence-electron chi connectivity index (χ0n) is 11.1. The average molecular weight is 278 g/mol. The molecule has 0 atom stereocenters. The van der Waals surface area contributed by atoms with Crippen LogP contribution in [-0.4, -0.2) is 35.1 Å². The molecule has 0 radical (unpaired) electrons. The molecule has 102 valence electrons. The molecule has 1 fully saturated rings. The van der Waals surface area contributed by atoms with Gasteiger partial charge in [-0.25, -0.2) is 9.79 Å². The highest BCUT2D eigenvalue weighted by Gasteiger charge is 2.18. The number of aliphatic imine (C=N–C) groups is 1. The molecular formula is C13H18N4OS. The van der Waals surface area contributed by atoms with E-state index < -0.39 is 0 Å². The lowest BCUT2D eigenvalue weighted by Crippen LogP contribution is -2.44. The third-order valence-corrected chi connectivity index (χ3v) is 3.91. The molecule has 1 saturated heterocycles. The van der Waals surface area contributed by atoms with Crippen LogP contribution in [0.5, 0.6) is 0 Å². The van der Waals surface area contributed by atoms with Crippen LogP contribution in [0.4, 0.5) is 10.5 Å². The topological polar surface area (TPSA) is 70.7 Å². The summed E-state index contributed by atoms with van der Waals surface area (Å²) < 4.78 is 0. The molecule has 2 amide bonds. The minimum atomic E-state index is -0.183. The van der Waals surface area contributed by atoms with Crippen LogP contribution in [0.2, 0.25) is 0 Å². The van der Waals surface area contributed by atoms with Crippen LogP contribution in [0.25, 0.3) is 0 Å². The van der Waals surface area contributed by atoms with Crippen LogP contribution in [0.3, 0.4) is 0 Å². The van der Waals surface area contributed by atoms with Crippen LogP contribution in [0.15, 0.2) is 23.2 Å². The second-order valence-electron chi connectivity index (χ2n) is 4.47. The number of nitrogens with zero attached hydrogens (tertiary/aromatic N) is 2. The summed E-state index contributed by atoms with van der Waals surface area (Å²) in [6.07, 6.45) is 0. The number of nitrogens with one attached hydrogen (secondary N) is 1. The van der Waals surface area contributed by atoms with E-state index >= 15 is 0 Å². The maximum absolute atomic E-state index is 11.9. The zero-order chi connectivity index (χ0) is 13.8. The van der Waals surface area contributed by atoms with Crippen molar-refractivity contribution in [2.45, 2.75) is 13.8 Å². The Hall–Kier alpha value is -1.69. The molecule has 2 rings (SSSR count). The monoisotopic (exact) mass is 278 g/mol. The van der Waals surface area contributed by atoms with Crippen LogP contribution in [0, 0.1) is 13.8 Å². The average Bonchev–Trinajstić information content (AvgIpc) is 2.88. The van der Waals surface area contributed by atoms with Crippen molar-refractivity contribution in [2.75, 3.05) is 18.2 Å². The van der Waals surface area contributed by atoms with Gasteiger partial charge < -0.3 is 10.6 Å². The minimum absolute atomic E-state index is 0.138. The van der Waals surface area contributed by atoms with Gasteiger partial charge in [-0.15, -0.1) is 11.8 Å². The molecular weight excluding hydrogens is 260 g/mol. The highest BCUT2D eigenvalue weighted by atomic mass is 32.2. The number of rotatable bonds is 1. The molecule has 0 spiro atoms. The summed E-state index contributed by atoms with van der Waals surface area (Å²) in [4.78, 5) is 17.9. The van der Waals surface area contributed by atoms with Crippen LogP contribution < -0.4 is 11.1 Å². The number of nitrogens with two attached hydrogens (primary N) is 1. The largest absolute Gasteiger partial charge is 0.369 e. The van der Waals surface area contributed by atoms with Crippen LogP contribution in [0.1, 0.15) is 11.1 Å². The normalized spacial score (nSPS) is 15.7. The second kappa shape index (κ2) is 5.97. The first kappa shape index (κ1) is 13.7.